The predicted molar refractivity (Wildman–Crippen MR) is 89.1 cm³/mol. The summed E-state index contributed by atoms with van der Waals surface area (Å²) in [5.74, 6) is -0.546. The summed E-state index contributed by atoms with van der Waals surface area (Å²) >= 11 is 0. The molecule has 114 valence electrons. The second-order valence-electron chi connectivity index (χ2n) is 5.18. The van der Waals surface area contributed by atoms with Crippen LogP contribution < -0.4 is 5.32 Å². The maximum Gasteiger partial charge on any atom is 0.248 e. The van der Waals surface area contributed by atoms with Gasteiger partial charge in [0.15, 0.2) is 0 Å². The maximum absolute atomic E-state index is 13.0. The number of nitrogens with one attached hydrogen (secondary N) is 1. The van der Waals surface area contributed by atoms with Gasteiger partial charge < -0.3 is 5.32 Å². The van der Waals surface area contributed by atoms with Crippen LogP contribution in [0.15, 0.2) is 54.6 Å². The van der Waals surface area contributed by atoms with E-state index in [4.69, 9.17) is 0 Å². The van der Waals surface area contributed by atoms with Crippen LogP contribution in [0.3, 0.4) is 0 Å². The number of benzene rings is 2. The molecule has 0 unspecified atom stereocenters. The standard InChI is InChI=1S/C19H20FNO/c1-2-3-5-15-8-11-18(12-9-15)21-19(22)13-10-16-6-4-7-17(20)14-16/h4,6-14H,2-3,5H2,1H3,(H,21,22)/b13-10+. The monoisotopic (exact) mass is 297 g/mol. The molecular formula is C19H20FNO. The summed E-state index contributed by atoms with van der Waals surface area (Å²) in [7, 11) is 0. The van der Waals surface area contributed by atoms with Crippen molar-refractivity contribution in [2.24, 2.45) is 0 Å². The molecule has 0 bridgehead atoms. The van der Waals surface area contributed by atoms with E-state index in [1.54, 1.807) is 18.2 Å². The SMILES string of the molecule is CCCCc1ccc(NC(=O)/C=C/c2cccc(F)c2)cc1. The van der Waals surface area contributed by atoms with Gasteiger partial charge in [0.2, 0.25) is 5.91 Å². The zero-order chi connectivity index (χ0) is 15.8. The molecule has 2 nitrogen and oxygen atoms in total. The zero-order valence-corrected chi connectivity index (χ0v) is 12.7. The molecule has 22 heavy (non-hydrogen) atoms. The van der Waals surface area contributed by atoms with Crippen LogP contribution in [0.2, 0.25) is 0 Å². The van der Waals surface area contributed by atoms with Crippen LogP contribution in [0.4, 0.5) is 10.1 Å². The fourth-order valence-electron chi connectivity index (χ4n) is 2.10. The van der Waals surface area contributed by atoms with Gasteiger partial charge in [0.05, 0.1) is 0 Å². The molecule has 0 atom stereocenters. The molecule has 3 heteroatoms. The number of halogens is 1. The number of hydrogen-bond donors (Lipinski definition) is 1. The van der Waals surface area contributed by atoms with Crippen LogP contribution >= 0.6 is 0 Å². The van der Waals surface area contributed by atoms with Crippen molar-refractivity contribution in [3.8, 4) is 0 Å². The predicted octanol–water partition coefficient (Wildman–Crippen LogP) is 4.82. The molecule has 0 aliphatic carbocycles. The molecule has 0 radical (unpaired) electrons. The molecule has 1 N–H and O–H groups in total. The van der Waals surface area contributed by atoms with E-state index in [1.165, 1.54) is 36.6 Å². The van der Waals surface area contributed by atoms with Crippen molar-refractivity contribution in [1.29, 1.82) is 0 Å². The highest BCUT2D eigenvalue weighted by Gasteiger charge is 1.99. The lowest BCUT2D eigenvalue weighted by atomic mass is 10.1. The smallest absolute Gasteiger partial charge is 0.248 e. The van der Waals surface area contributed by atoms with Gasteiger partial charge >= 0.3 is 0 Å². The number of carbonyl (C=O) groups is 1. The average Bonchev–Trinajstić information content (AvgIpc) is 2.52. The van der Waals surface area contributed by atoms with Gasteiger partial charge in [0.25, 0.3) is 0 Å². The Bertz CT molecular complexity index is 647. The first kappa shape index (κ1) is 16.0. The van der Waals surface area contributed by atoms with Crippen molar-refractivity contribution >= 4 is 17.7 Å². The van der Waals surface area contributed by atoms with Crippen LogP contribution in [0, 0.1) is 5.82 Å². The highest BCUT2D eigenvalue weighted by atomic mass is 19.1. The average molecular weight is 297 g/mol. The molecule has 2 aromatic carbocycles. The van der Waals surface area contributed by atoms with E-state index in [-0.39, 0.29) is 11.7 Å². The van der Waals surface area contributed by atoms with E-state index in [9.17, 15) is 9.18 Å². The zero-order valence-electron chi connectivity index (χ0n) is 12.7. The van der Waals surface area contributed by atoms with Crippen LogP contribution in [0.25, 0.3) is 6.08 Å². The van der Waals surface area contributed by atoms with Gasteiger partial charge in [-0.3, -0.25) is 4.79 Å². The summed E-state index contributed by atoms with van der Waals surface area (Å²) in [6, 6.07) is 14.0. The molecule has 1 amide bonds. The lowest BCUT2D eigenvalue weighted by molar-refractivity contribution is -0.111. The largest absolute Gasteiger partial charge is 0.323 e. The normalized spacial score (nSPS) is 10.8. The third kappa shape index (κ3) is 5.17. The second-order valence-corrected chi connectivity index (χ2v) is 5.18. The number of anilines is 1. The molecule has 0 heterocycles. The molecular weight excluding hydrogens is 277 g/mol. The fraction of sp³-hybridized carbons (Fsp3) is 0.211. The van der Waals surface area contributed by atoms with Crippen LogP contribution in [0.5, 0.6) is 0 Å². The van der Waals surface area contributed by atoms with Gasteiger partial charge in [-0.25, -0.2) is 4.39 Å². The number of aryl methyl sites for hydroxylation is 1. The summed E-state index contributed by atoms with van der Waals surface area (Å²) < 4.78 is 13.0. The first-order valence-electron chi connectivity index (χ1n) is 7.51. The Morgan fingerprint density at radius 2 is 1.95 bits per heavy atom. The van der Waals surface area contributed by atoms with E-state index in [1.807, 2.05) is 24.3 Å². The van der Waals surface area contributed by atoms with Crippen molar-refractivity contribution in [3.63, 3.8) is 0 Å². The van der Waals surface area contributed by atoms with Crippen molar-refractivity contribution in [2.45, 2.75) is 26.2 Å². The van der Waals surface area contributed by atoms with Crippen molar-refractivity contribution in [3.05, 3.63) is 71.6 Å². The van der Waals surface area contributed by atoms with E-state index < -0.39 is 0 Å². The van der Waals surface area contributed by atoms with Crippen molar-refractivity contribution in [1.82, 2.24) is 0 Å². The summed E-state index contributed by atoms with van der Waals surface area (Å²) in [6.07, 6.45) is 6.39. The Balaban J connectivity index is 1.91. The van der Waals surface area contributed by atoms with E-state index >= 15 is 0 Å². The number of rotatable bonds is 6. The molecule has 0 aliphatic rings. The summed E-state index contributed by atoms with van der Waals surface area (Å²) in [6.45, 7) is 2.17. The molecule has 2 aromatic rings. The van der Waals surface area contributed by atoms with Gasteiger partial charge in [-0.05, 0) is 54.3 Å². The molecule has 0 aromatic heterocycles. The Morgan fingerprint density at radius 3 is 2.64 bits per heavy atom. The highest BCUT2D eigenvalue weighted by molar-refractivity contribution is 6.01. The topological polar surface area (TPSA) is 29.1 Å². The summed E-state index contributed by atoms with van der Waals surface area (Å²) in [5, 5.41) is 2.79. The molecule has 2 rings (SSSR count). The minimum Gasteiger partial charge on any atom is -0.323 e. The first-order valence-corrected chi connectivity index (χ1v) is 7.51. The quantitative estimate of drug-likeness (QED) is 0.761. The fourth-order valence-corrected chi connectivity index (χ4v) is 2.10. The maximum atomic E-state index is 13.0. The number of carbonyl (C=O) groups excluding carboxylic acids is 1. The van der Waals surface area contributed by atoms with Gasteiger partial charge in [0.1, 0.15) is 5.82 Å². The summed E-state index contributed by atoms with van der Waals surface area (Å²) in [5.41, 5.74) is 2.69. The highest BCUT2D eigenvalue weighted by Crippen LogP contribution is 2.12. The summed E-state index contributed by atoms with van der Waals surface area (Å²) in [4.78, 5) is 11.8. The molecule has 0 saturated heterocycles. The Hall–Kier alpha value is -2.42. The molecule has 0 aliphatic heterocycles. The van der Waals surface area contributed by atoms with Crippen LogP contribution in [0.1, 0.15) is 30.9 Å². The first-order chi connectivity index (χ1) is 10.7. The third-order valence-corrected chi connectivity index (χ3v) is 3.32. The van der Waals surface area contributed by atoms with Gasteiger partial charge in [0, 0.05) is 11.8 Å². The Kier molecular flexibility index (Phi) is 5.90. The molecule has 0 saturated carbocycles. The number of amides is 1. The minimum absolute atomic E-state index is 0.231. The second kappa shape index (κ2) is 8.13. The lowest BCUT2D eigenvalue weighted by Crippen LogP contribution is -2.07. The third-order valence-electron chi connectivity index (χ3n) is 3.32. The Morgan fingerprint density at radius 1 is 1.18 bits per heavy atom. The van der Waals surface area contributed by atoms with Crippen molar-refractivity contribution < 1.29 is 9.18 Å². The molecule has 0 spiro atoms. The number of hydrogen-bond acceptors (Lipinski definition) is 1. The lowest BCUT2D eigenvalue weighted by Gasteiger charge is -2.04. The van der Waals surface area contributed by atoms with E-state index in [0.717, 1.165) is 12.1 Å². The Labute approximate surface area is 130 Å². The van der Waals surface area contributed by atoms with Gasteiger partial charge in [-0.15, -0.1) is 0 Å². The van der Waals surface area contributed by atoms with Gasteiger partial charge in [-0.2, -0.15) is 0 Å². The van der Waals surface area contributed by atoms with E-state index in [2.05, 4.69) is 12.2 Å². The number of unbranched alkanes of at least 4 members (excludes halogenated alkanes) is 1. The van der Waals surface area contributed by atoms with Gasteiger partial charge in [-0.1, -0.05) is 37.6 Å². The van der Waals surface area contributed by atoms with Crippen LogP contribution in [-0.2, 0) is 11.2 Å². The minimum atomic E-state index is -0.315. The van der Waals surface area contributed by atoms with E-state index in [0.29, 0.717) is 5.56 Å². The van der Waals surface area contributed by atoms with Crippen LogP contribution in [-0.4, -0.2) is 5.91 Å². The molecule has 0 fully saturated rings. The van der Waals surface area contributed by atoms with Crippen molar-refractivity contribution in [2.75, 3.05) is 5.32 Å².